The van der Waals surface area contributed by atoms with E-state index in [0.717, 1.165) is 31.6 Å². The van der Waals surface area contributed by atoms with Crippen molar-refractivity contribution in [1.82, 2.24) is 4.90 Å². The van der Waals surface area contributed by atoms with E-state index < -0.39 is 14.7 Å². The first-order valence-corrected chi connectivity index (χ1v) is 15.9. The maximum atomic E-state index is 11.8. The van der Waals surface area contributed by atoms with Crippen LogP contribution in [0, 0.1) is 0 Å². The lowest BCUT2D eigenvalue weighted by Crippen LogP contribution is -2.23. The third kappa shape index (κ3) is 19.8. The van der Waals surface area contributed by atoms with Gasteiger partial charge in [0.1, 0.15) is 11.9 Å². The van der Waals surface area contributed by atoms with Gasteiger partial charge in [0.25, 0.3) is 0 Å². The number of hydrogen-bond donors (Lipinski definition) is 1. The molecule has 1 N–H and O–H groups in total. The van der Waals surface area contributed by atoms with E-state index in [-0.39, 0.29) is 12.6 Å². The Kier molecular flexibility index (Phi) is 21.6. The number of nitrogens with zero attached hydrogens (tertiary/aromatic N) is 1. The van der Waals surface area contributed by atoms with E-state index in [1.807, 2.05) is 31.1 Å². The molecule has 0 aliphatic carbocycles. The van der Waals surface area contributed by atoms with Crippen molar-refractivity contribution in [3.8, 4) is 5.75 Å². The van der Waals surface area contributed by atoms with Gasteiger partial charge in [-0.15, -0.1) is 0 Å². The minimum atomic E-state index is -1.98. The Bertz CT molecular complexity index is 688. The average molecular weight is 556 g/mol. The fourth-order valence-electron chi connectivity index (χ4n) is 4.00. The van der Waals surface area contributed by atoms with E-state index in [9.17, 15) is 9.69 Å². The van der Waals surface area contributed by atoms with Gasteiger partial charge in [0.05, 0.1) is 19.8 Å². The molecule has 8 heteroatoms. The highest BCUT2D eigenvalue weighted by Crippen LogP contribution is 2.33. The van der Waals surface area contributed by atoms with Gasteiger partial charge in [-0.25, -0.2) is 0 Å². The van der Waals surface area contributed by atoms with Crippen LogP contribution in [0.4, 0.5) is 0 Å². The smallest absolute Gasteiger partial charge is 0.330 e. The molecule has 0 spiro atoms. The number of carbonyl (C=O) groups is 1. The standard InChI is InChI=1S/C30H54NO6P/c1-5-7-8-9-10-11-12-13-14-15-24-34-28-21-19-27(20-22-28)17-16-18-29(37-30(32)6-2)26-36-38(33)35-25-23-31(3)4/h19-22,29,33H,5-18,23-26H2,1-4H3. The second kappa shape index (κ2) is 23.6. The number of benzene rings is 1. The minimum Gasteiger partial charge on any atom is -0.494 e. The number of ether oxygens (including phenoxy) is 2. The first-order chi connectivity index (χ1) is 18.4. The molecular weight excluding hydrogens is 501 g/mol. The van der Waals surface area contributed by atoms with Crippen molar-refractivity contribution in [3.05, 3.63) is 29.8 Å². The van der Waals surface area contributed by atoms with Crippen LogP contribution in [0.1, 0.15) is 103 Å². The van der Waals surface area contributed by atoms with E-state index in [1.54, 1.807) is 6.92 Å². The predicted molar refractivity (Wildman–Crippen MR) is 156 cm³/mol. The van der Waals surface area contributed by atoms with Crippen molar-refractivity contribution in [2.45, 2.75) is 110 Å². The molecule has 0 aromatic heterocycles. The maximum Gasteiger partial charge on any atom is 0.330 e. The Labute approximate surface area is 233 Å². The van der Waals surface area contributed by atoms with Crippen LogP contribution in [0.3, 0.4) is 0 Å². The number of esters is 1. The first kappa shape index (κ1) is 34.8. The second-order valence-electron chi connectivity index (χ2n) is 10.2. The molecule has 1 rings (SSSR count). The fourth-order valence-corrected chi connectivity index (χ4v) is 4.60. The summed E-state index contributed by atoms with van der Waals surface area (Å²) in [6.45, 7) is 6.01. The molecule has 0 aliphatic rings. The number of hydrogen-bond acceptors (Lipinski definition) is 7. The SMILES string of the molecule is CCCCCCCCCCCCOc1ccc(CCCC(COP(O)OCCN(C)C)OC(=O)CC)cc1. The van der Waals surface area contributed by atoms with Gasteiger partial charge in [-0.2, -0.15) is 0 Å². The lowest BCUT2D eigenvalue weighted by Gasteiger charge is -2.19. The van der Waals surface area contributed by atoms with Gasteiger partial charge in [-0.3, -0.25) is 4.79 Å². The number of carbonyl (C=O) groups excluding carboxylic acids is 1. The van der Waals surface area contributed by atoms with Gasteiger partial charge in [-0.05, 0) is 57.5 Å². The maximum absolute atomic E-state index is 11.8. The quantitative estimate of drug-likeness (QED) is 0.0763. The Balaban J connectivity index is 2.22. The van der Waals surface area contributed by atoms with Crippen LogP contribution in [-0.2, 0) is 25.0 Å². The van der Waals surface area contributed by atoms with Crippen LogP contribution in [0.2, 0.25) is 0 Å². The molecule has 0 amide bonds. The average Bonchev–Trinajstić information content (AvgIpc) is 2.90. The normalized spacial score (nSPS) is 13.0. The molecule has 0 radical (unpaired) electrons. The van der Waals surface area contributed by atoms with Gasteiger partial charge in [0, 0.05) is 13.0 Å². The van der Waals surface area contributed by atoms with Crippen LogP contribution in [0.5, 0.6) is 5.75 Å². The van der Waals surface area contributed by atoms with Gasteiger partial charge in [-0.1, -0.05) is 83.8 Å². The van der Waals surface area contributed by atoms with Crippen LogP contribution >= 0.6 is 8.60 Å². The van der Waals surface area contributed by atoms with Crippen LogP contribution in [0.15, 0.2) is 24.3 Å². The zero-order chi connectivity index (χ0) is 27.8. The third-order valence-electron chi connectivity index (χ3n) is 6.38. The summed E-state index contributed by atoms with van der Waals surface area (Å²) in [6, 6.07) is 8.27. The zero-order valence-corrected chi connectivity index (χ0v) is 25.4. The summed E-state index contributed by atoms with van der Waals surface area (Å²) in [6.07, 6.45) is 15.5. The summed E-state index contributed by atoms with van der Waals surface area (Å²) in [7, 11) is 1.89. The van der Waals surface area contributed by atoms with Crippen molar-refractivity contribution in [1.29, 1.82) is 0 Å². The molecule has 0 saturated heterocycles. The van der Waals surface area contributed by atoms with Crippen molar-refractivity contribution >= 4 is 14.6 Å². The van der Waals surface area contributed by atoms with Crippen LogP contribution < -0.4 is 4.74 Å². The minimum absolute atomic E-state index is 0.127. The molecule has 7 nitrogen and oxygen atoms in total. The molecule has 2 unspecified atom stereocenters. The summed E-state index contributed by atoms with van der Waals surface area (Å²) in [5, 5.41) is 0. The number of rotatable bonds is 25. The first-order valence-electron chi connectivity index (χ1n) is 14.7. The van der Waals surface area contributed by atoms with E-state index in [2.05, 4.69) is 19.1 Å². The highest BCUT2D eigenvalue weighted by Gasteiger charge is 2.17. The lowest BCUT2D eigenvalue weighted by atomic mass is 10.1. The zero-order valence-electron chi connectivity index (χ0n) is 24.5. The molecule has 0 aliphatic heterocycles. The van der Waals surface area contributed by atoms with Crippen molar-refractivity contribution in [3.63, 3.8) is 0 Å². The second-order valence-corrected chi connectivity index (χ2v) is 11.2. The van der Waals surface area contributed by atoms with Crippen molar-refractivity contribution < 1.29 is 28.2 Å². The molecular formula is C30H54NO6P. The molecule has 1 aromatic rings. The van der Waals surface area contributed by atoms with Gasteiger partial charge in [0.2, 0.25) is 0 Å². The Morgan fingerprint density at radius 2 is 1.50 bits per heavy atom. The van der Waals surface area contributed by atoms with Crippen molar-refractivity contribution in [2.24, 2.45) is 0 Å². The van der Waals surface area contributed by atoms with E-state index in [1.165, 1.54) is 63.4 Å². The summed E-state index contributed by atoms with van der Waals surface area (Å²) < 4.78 is 22.1. The Morgan fingerprint density at radius 3 is 2.11 bits per heavy atom. The molecule has 1 aromatic carbocycles. The molecule has 0 saturated carbocycles. The monoisotopic (exact) mass is 555 g/mol. The van der Waals surface area contributed by atoms with Crippen molar-refractivity contribution in [2.75, 3.05) is 40.5 Å². The molecule has 2 atom stereocenters. The highest BCUT2D eigenvalue weighted by atomic mass is 31.2. The summed E-state index contributed by atoms with van der Waals surface area (Å²) in [5.74, 6) is 0.650. The lowest BCUT2D eigenvalue weighted by molar-refractivity contribution is -0.150. The van der Waals surface area contributed by atoms with Gasteiger partial charge < -0.3 is 28.3 Å². The molecule has 0 heterocycles. The van der Waals surface area contributed by atoms with E-state index >= 15 is 0 Å². The highest BCUT2D eigenvalue weighted by molar-refractivity contribution is 7.40. The topological polar surface area (TPSA) is 77.5 Å². The van der Waals surface area contributed by atoms with E-state index in [4.69, 9.17) is 18.5 Å². The largest absolute Gasteiger partial charge is 0.494 e. The fraction of sp³-hybridized carbons (Fsp3) is 0.767. The Hall–Kier alpha value is -1.24. The summed E-state index contributed by atoms with van der Waals surface area (Å²) in [4.78, 5) is 23.7. The predicted octanol–water partition coefficient (Wildman–Crippen LogP) is 7.44. The summed E-state index contributed by atoms with van der Waals surface area (Å²) in [5.41, 5.74) is 1.22. The molecule has 38 heavy (non-hydrogen) atoms. The molecule has 0 fully saturated rings. The molecule has 220 valence electrons. The summed E-state index contributed by atoms with van der Waals surface area (Å²) >= 11 is 0. The Morgan fingerprint density at radius 1 is 0.868 bits per heavy atom. The number of likely N-dealkylation sites (N-methyl/N-ethyl adjacent to an activating group) is 1. The molecule has 0 bridgehead atoms. The van der Waals surface area contributed by atoms with Gasteiger partial charge >= 0.3 is 14.6 Å². The number of aryl methyl sites for hydroxylation is 1. The number of unbranched alkanes of at least 4 members (excludes halogenated alkanes) is 9. The van der Waals surface area contributed by atoms with Crippen LogP contribution in [-0.4, -0.2) is 62.3 Å². The van der Waals surface area contributed by atoms with Gasteiger partial charge in [0.15, 0.2) is 0 Å². The van der Waals surface area contributed by atoms with Crippen LogP contribution in [0.25, 0.3) is 0 Å². The van der Waals surface area contributed by atoms with E-state index in [0.29, 0.717) is 26.0 Å². The third-order valence-corrected chi connectivity index (χ3v) is 7.15.